The van der Waals surface area contributed by atoms with Crippen molar-refractivity contribution in [3.05, 3.63) is 77.6 Å². The molecule has 4 heteroatoms. The highest BCUT2D eigenvalue weighted by Gasteiger charge is 2.08. The zero-order chi connectivity index (χ0) is 22.1. The molecule has 0 radical (unpaired) electrons. The van der Waals surface area contributed by atoms with Crippen molar-refractivity contribution in [3.8, 4) is 5.75 Å². The van der Waals surface area contributed by atoms with E-state index in [2.05, 4.69) is 54.5 Å². The minimum absolute atomic E-state index is 0.0499. The number of hydrogen-bond donors (Lipinski definition) is 1. The number of fused-ring (bicyclic) bond motifs is 1. The summed E-state index contributed by atoms with van der Waals surface area (Å²) >= 11 is 0. The second-order valence-electron chi connectivity index (χ2n) is 7.97. The molecule has 0 aliphatic carbocycles. The van der Waals surface area contributed by atoms with Crippen molar-refractivity contribution in [2.75, 3.05) is 7.11 Å². The molecule has 1 aromatic heterocycles. The number of carbonyl (C=O) groups excluding carboxylic acids is 1. The Kier molecular flexibility index (Phi) is 8.22. The van der Waals surface area contributed by atoms with Gasteiger partial charge in [-0.15, -0.1) is 0 Å². The van der Waals surface area contributed by atoms with E-state index in [0.717, 1.165) is 48.8 Å². The smallest absolute Gasteiger partial charge is 0.244 e. The van der Waals surface area contributed by atoms with E-state index in [4.69, 9.17) is 4.74 Å². The van der Waals surface area contributed by atoms with Gasteiger partial charge in [0.05, 0.1) is 7.11 Å². The third-order valence-corrected chi connectivity index (χ3v) is 5.50. The number of hydrogen-bond acceptors (Lipinski definition) is 3. The Morgan fingerprint density at radius 2 is 2.06 bits per heavy atom. The minimum Gasteiger partial charge on any atom is -0.497 e. The predicted molar refractivity (Wildman–Crippen MR) is 128 cm³/mol. The van der Waals surface area contributed by atoms with E-state index < -0.39 is 0 Å². The van der Waals surface area contributed by atoms with Gasteiger partial charge in [-0.2, -0.15) is 0 Å². The van der Waals surface area contributed by atoms with E-state index in [1.54, 1.807) is 19.4 Å². The molecule has 0 spiro atoms. The number of aryl methyl sites for hydroxylation is 2. The van der Waals surface area contributed by atoms with E-state index in [1.165, 1.54) is 16.5 Å². The lowest BCUT2D eigenvalue weighted by Gasteiger charge is -2.13. The highest BCUT2D eigenvalue weighted by atomic mass is 16.5. The van der Waals surface area contributed by atoms with Crippen LogP contribution in [-0.4, -0.2) is 24.0 Å². The Balaban J connectivity index is 1.61. The maximum atomic E-state index is 12.5. The molecular weight excluding hydrogens is 384 g/mol. The number of rotatable bonds is 10. The quantitative estimate of drug-likeness (QED) is 0.429. The molecule has 4 nitrogen and oxygen atoms in total. The Hall–Kier alpha value is -3.14. The van der Waals surface area contributed by atoms with Gasteiger partial charge in [-0.3, -0.25) is 9.78 Å². The molecule has 0 unspecified atom stereocenters. The highest BCUT2D eigenvalue weighted by molar-refractivity contribution is 5.94. The molecule has 162 valence electrons. The van der Waals surface area contributed by atoms with Crippen LogP contribution in [0.1, 0.15) is 49.8 Å². The van der Waals surface area contributed by atoms with E-state index in [9.17, 15) is 4.79 Å². The molecule has 1 N–H and O–H groups in total. The first kappa shape index (κ1) is 22.5. The molecule has 3 rings (SSSR count). The number of methoxy groups -OCH3 is 1. The molecule has 0 bridgehead atoms. The molecular formula is C27H32N2O2. The number of nitrogens with zero attached hydrogens (tertiary/aromatic N) is 1. The maximum Gasteiger partial charge on any atom is 0.244 e. The summed E-state index contributed by atoms with van der Waals surface area (Å²) < 4.78 is 5.35. The Morgan fingerprint density at radius 1 is 1.19 bits per heavy atom. The van der Waals surface area contributed by atoms with Crippen LogP contribution in [0, 0.1) is 0 Å². The van der Waals surface area contributed by atoms with Crippen molar-refractivity contribution in [2.45, 2.75) is 52.0 Å². The second kappa shape index (κ2) is 11.3. The molecule has 3 aromatic rings. The van der Waals surface area contributed by atoms with Gasteiger partial charge in [0.1, 0.15) is 5.75 Å². The van der Waals surface area contributed by atoms with Crippen LogP contribution in [0.2, 0.25) is 0 Å². The van der Waals surface area contributed by atoms with Gasteiger partial charge in [0.25, 0.3) is 0 Å². The average molecular weight is 417 g/mol. The molecule has 31 heavy (non-hydrogen) atoms. The fourth-order valence-electron chi connectivity index (χ4n) is 3.89. The fraction of sp³-hybridized carbons (Fsp3) is 0.333. The molecule has 0 aliphatic rings. The zero-order valence-electron chi connectivity index (χ0n) is 18.7. The minimum atomic E-state index is -0.0499. The molecule has 0 aliphatic heterocycles. The van der Waals surface area contributed by atoms with Gasteiger partial charge in [-0.05, 0) is 84.3 Å². The zero-order valence-corrected chi connectivity index (χ0v) is 18.7. The van der Waals surface area contributed by atoms with E-state index in [-0.39, 0.29) is 11.9 Å². The largest absolute Gasteiger partial charge is 0.497 e. The molecule has 2 aromatic carbocycles. The number of carbonyl (C=O) groups is 1. The van der Waals surface area contributed by atoms with Gasteiger partial charge >= 0.3 is 0 Å². The van der Waals surface area contributed by atoms with E-state index in [0.29, 0.717) is 0 Å². The Labute approximate surface area is 185 Å². The predicted octanol–water partition coefficient (Wildman–Crippen LogP) is 5.74. The van der Waals surface area contributed by atoms with Gasteiger partial charge < -0.3 is 10.1 Å². The normalized spacial score (nSPS) is 12.2. The van der Waals surface area contributed by atoms with Crippen LogP contribution in [0.15, 0.2) is 60.9 Å². The monoisotopic (exact) mass is 416 g/mol. The lowest BCUT2D eigenvalue weighted by atomic mass is 9.95. The van der Waals surface area contributed by atoms with Crippen molar-refractivity contribution < 1.29 is 9.53 Å². The standard InChI is InChI=1S/C27H32N2O2/c1-4-7-25-22(11-12-23-18-24(31-3)14-15-26(23)25)13-16-27(30)29-20(2)8-5-9-21-10-6-17-28-19-21/h6,10-20H,4-5,7-9H2,1-3H3,(H,29,30)/b16-13+/t20-/m1/s1. The summed E-state index contributed by atoms with van der Waals surface area (Å²) in [6.07, 6.45) is 12.2. The molecule has 0 saturated carbocycles. The van der Waals surface area contributed by atoms with Gasteiger partial charge in [0.15, 0.2) is 0 Å². The van der Waals surface area contributed by atoms with E-state index in [1.807, 2.05) is 24.4 Å². The van der Waals surface area contributed by atoms with Crippen molar-refractivity contribution in [3.63, 3.8) is 0 Å². The highest BCUT2D eigenvalue weighted by Crippen LogP contribution is 2.28. The first-order chi connectivity index (χ1) is 15.1. The summed E-state index contributed by atoms with van der Waals surface area (Å²) in [6.45, 7) is 4.23. The third kappa shape index (κ3) is 6.42. The summed E-state index contributed by atoms with van der Waals surface area (Å²) in [4.78, 5) is 16.6. The molecule has 1 heterocycles. The first-order valence-electron chi connectivity index (χ1n) is 11.1. The van der Waals surface area contributed by atoms with Crippen molar-refractivity contribution in [1.82, 2.24) is 10.3 Å². The van der Waals surface area contributed by atoms with Crippen LogP contribution in [0.5, 0.6) is 5.75 Å². The lowest BCUT2D eigenvalue weighted by molar-refractivity contribution is -0.117. The lowest BCUT2D eigenvalue weighted by Crippen LogP contribution is -2.31. The van der Waals surface area contributed by atoms with Gasteiger partial charge in [0, 0.05) is 24.5 Å². The third-order valence-electron chi connectivity index (χ3n) is 5.50. The van der Waals surface area contributed by atoms with Crippen LogP contribution in [0.4, 0.5) is 0 Å². The summed E-state index contributed by atoms with van der Waals surface area (Å²) in [5.41, 5.74) is 3.61. The van der Waals surface area contributed by atoms with Crippen LogP contribution >= 0.6 is 0 Å². The summed E-state index contributed by atoms with van der Waals surface area (Å²) in [6, 6.07) is 14.5. The summed E-state index contributed by atoms with van der Waals surface area (Å²) in [5, 5.41) is 5.46. The van der Waals surface area contributed by atoms with Crippen molar-refractivity contribution in [1.29, 1.82) is 0 Å². The van der Waals surface area contributed by atoms with Crippen LogP contribution in [0.25, 0.3) is 16.8 Å². The van der Waals surface area contributed by atoms with Crippen LogP contribution in [0.3, 0.4) is 0 Å². The van der Waals surface area contributed by atoms with Crippen molar-refractivity contribution in [2.24, 2.45) is 0 Å². The van der Waals surface area contributed by atoms with Gasteiger partial charge in [-0.25, -0.2) is 0 Å². The van der Waals surface area contributed by atoms with Crippen molar-refractivity contribution >= 4 is 22.8 Å². The summed E-state index contributed by atoms with van der Waals surface area (Å²) in [5.74, 6) is 0.807. The SMILES string of the molecule is CCCc1c(/C=C/C(=O)N[C@H](C)CCCc2cccnc2)ccc2cc(OC)ccc12. The van der Waals surface area contributed by atoms with E-state index >= 15 is 0 Å². The Bertz CT molecular complexity index is 1030. The number of aromatic nitrogens is 1. The first-order valence-corrected chi connectivity index (χ1v) is 11.1. The molecule has 0 saturated heterocycles. The topological polar surface area (TPSA) is 51.2 Å². The second-order valence-corrected chi connectivity index (χ2v) is 7.97. The molecule has 1 amide bonds. The van der Waals surface area contributed by atoms with Crippen LogP contribution in [-0.2, 0) is 17.6 Å². The average Bonchev–Trinajstić information content (AvgIpc) is 2.79. The van der Waals surface area contributed by atoms with Crippen LogP contribution < -0.4 is 10.1 Å². The van der Waals surface area contributed by atoms with Gasteiger partial charge in [0.2, 0.25) is 5.91 Å². The number of pyridine rings is 1. The molecule has 1 atom stereocenters. The number of ether oxygens (including phenoxy) is 1. The number of benzene rings is 2. The summed E-state index contributed by atoms with van der Waals surface area (Å²) in [7, 11) is 1.68. The molecule has 0 fully saturated rings. The fourth-order valence-corrected chi connectivity index (χ4v) is 3.89. The van der Waals surface area contributed by atoms with Gasteiger partial charge in [-0.1, -0.05) is 37.6 Å². The maximum absolute atomic E-state index is 12.5. The number of amides is 1. The Morgan fingerprint density at radius 3 is 2.81 bits per heavy atom. The number of nitrogens with one attached hydrogen (secondary N) is 1.